The molecule has 0 saturated carbocycles. The van der Waals surface area contributed by atoms with E-state index in [1.54, 1.807) is 44.7 Å². The van der Waals surface area contributed by atoms with Crippen LogP contribution in [0.15, 0.2) is 77.7 Å². The van der Waals surface area contributed by atoms with Crippen LogP contribution in [0.3, 0.4) is 0 Å². The van der Waals surface area contributed by atoms with E-state index in [4.69, 9.17) is 4.74 Å². The molecule has 1 aliphatic rings. The van der Waals surface area contributed by atoms with Gasteiger partial charge < -0.3 is 19.8 Å². The first-order chi connectivity index (χ1) is 22.0. The van der Waals surface area contributed by atoms with Gasteiger partial charge in [-0.3, -0.25) is 4.79 Å². The fourth-order valence-electron chi connectivity index (χ4n) is 5.64. The number of sulfonamides is 1. The molecule has 3 N–H and O–H groups in total. The maximum absolute atomic E-state index is 14.3. The summed E-state index contributed by atoms with van der Waals surface area (Å²) in [6.07, 6.45) is 0.746. The van der Waals surface area contributed by atoms with E-state index in [2.05, 4.69) is 14.7 Å². The van der Waals surface area contributed by atoms with Crippen molar-refractivity contribution in [3.05, 3.63) is 101 Å². The van der Waals surface area contributed by atoms with Crippen LogP contribution in [-0.4, -0.2) is 57.7 Å². The van der Waals surface area contributed by atoms with Crippen LogP contribution in [0.1, 0.15) is 73.1 Å². The number of amides is 1. The van der Waals surface area contributed by atoms with Gasteiger partial charge in [0.2, 0.25) is 11.8 Å². The number of anilines is 1. The van der Waals surface area contributed by atoms with Gasteiger partial charge in [0, 0.05) is 23.7 Å². The maximum Gasteiger partial charge on any atom is 0.264 e. The molecule has 1 aliphatic heterocycles. The second-order valence-corrected chi connectivity index (χ2v) is 15.0. The second-order valence-electron chi connectivity index (χ2n) is 13.3. The molecule has 1 amide bonds. The lowest BCUT2D eigenvalue weighted by Gasteiger charge is -2.33. The van der Waals surface area contributed by atoms with Crippen molar-refractivity contribution < 1.29 is 28.2 Å². The molecule has 248 valence electrons. The van der Waals surface area contributed by atoms with Crippen LogP contribution in [0.25, 0.3) is 11.3 Å². The van der Waals surface area contributed by atoms with E-state index in [-0.39, 0.29) is 35.4 Å². The molecule has 0 saturated heterocycles. The van der Waals surface area contributed by atoms with Gasteiger partial charge in [-0.2, -0.15) is 4.98 Å². The molecule has 0 spiro atoms. The third-order valence-electron chi connectivity index (χ3n) is 8.28. The molecular formula is C36H42N4O6S. The first kappa shape index (κ1) is 34.0. The third-order valence-corrected chi connectivity index (χ3v) is 9.61. The summed E-state index contributed by atoms with van der Waals surface area (Å²) in [5.41, 5.74) is 2.87. The molecule has 0 aliphatic carbocycles. The predicted molar refractivity (Wildman–Crippen MR) is 181 cm³/mol. The Morgan fingerprint density at radius 2 is 1.60 bits per heavy atom. The van der Waals surface area contributed by atoms with Crippen LogP contribution in [0, 0.1) is 13.8 Å². The highest BCUT2D eigenvalue weighted by Crippen LogP contribution is 2.31. The average molecular weight is 659 g/mol. The number of hydrogen-bond acceptors (Lipinski definition) is 8. The van der Waals surface area contributed by atoms with Gasteiger partial charge in [0.05, 0.1) is 27.8 Å². The van der Waals surface area contributed by atoms with Gasteiger partial charge in [-0.05, 0) is 94.8 Å². The number of aliphatic hydroxyl groups is 2. The quantitative estimate of drug-likeness (QED) is 0.228. The lowest BCUT2D eigenvalue weighted by atomic mass is 9.96. The van der Waals surface area contributed by atoms with E-state index < -0.39 is 33.2 Å². The Kier molecular flexibility index (Phi) is 9.45. The smallest absolute Gasteiger partial charge is 0.264 e. The van der Waals surface area contributed by atoms with Crippen molar-refractivity contribution in [3.8, 4) is 17.1 Å². The van der Waals surface area contributed by atoms with Crippen molar-refractivity contribution in [1.29, 1.82) is 0 Å². The summed E-state index contributed by atoms with van der Waals surface area (Å²) < 4.78 is 36.0. The minimum Gasteiger partial charge on any atom is -0.475 e. The zero-order valence-corrected chi connectivity index (χ0v) is 28.4. The minimum absolute atomic E-state index is 0.0126. The molecule has 10 nitrogen and oxygen atoms in total. The lowest BCUT2D eigenvalue weighted by molar-refractivity contribution is 0.0383. The molecule has 47 heavy (non-hydrogen) atoms. The van der Waals surface area contributed by atoms with Gasteiger partial charge in [-0.25, -0.2) is 18.1 Å². The lowest BCUT2D eigenvalue weighted by Crippen LogP contribution is -2.44. The Morgan fingerprint density at radius 1 is 0.936 bits per heavy atom. The van der Waals surface area contributed by atoms with E-state index in [0.29, 0.717) is 18.5 Å². The maximum atomic E-state index is 14.3. The normalized spacial score (nSPS) is 16.7. The highest BCUT2D eigenvalue weighted by Gasteiger charge is 2.30. The fraction of sp³-hybridized carbons (Fsp3) is 0.361. The van der Waals surface area contributed by atoms with Crippen molar-refractivity contribution >= 4 is 21.9 Å². The molecule has 3 aromatic carbocycles. The van der Waals surface area contributed by atoms with Crippen LogP contribution in [0.4, 0.5) is 5.95 Å². The SMILES string of the molecule is Cc1cccc(C)c1-c1cc2nc(n1)NS(=O)(=O)c1cccc(c1)C(=O)N(Cc1ccc(C(C)(C)O)cc1)[C@H](CCC(C)(C)O)CO2. The molecular weight excluding hydrogens is 616 g/mol. The van der Waals surface area contributed by atoms with Crippen molar-refractivity contribution in [2.75, 3.05) is 11.3 Å². The minimum atomic E-state index is -4.20. The number of carbonyl (C=O) groups is 1. The first-order valence-corrected chi connectivity index (χ1v) is 17.0. The number of nitrogens with zero attached hydrogens (tertiary/aromatic N) is 3. The molecule has 4 aromatic rings. The number of fused-ring (bicyclic) bond motifs is 4. The average Bonchev–Trinajstić information content (AvgIpc) is 2.99. The van der Waals surface area contributed by atoms with Gasteiger partial charge in [-0.1, -0.05) is 48.5 Å². The van der Waals surface area contributed by atoms with Crippen LogP contribution in [0.5, 0.6) is 5.88 Å². The van der Waals surface area contributed by atoms with Gasteiger partial charge in [-0.15, -0.1) is 0 Å². The highest BCUT2D eigenvalue weighted by molar-refractivity contribution is 7.92. The fourth-order valence-corrected chi connectivity index (χ4v) is 6.63. The summed E-state index contributed by atoms with van der Waals surface area (Å²) in [4.78, 5) is 24.8. The Labute approximate surface area is 276 Å². The summed E-state index contributed by atoms with van der Waals surface area (Å²) in [5.74, 6) is -0.421. The number of benzene rings is 3. The van der Waals surface area contributed by atoms with Gasteiger partial charge in [0.1, 0.15) is 6.61 Å². The molecule has 2 heterocycles. The first-order valence-electron chi connectivity index (χ1n) is 15.6. The highest BCUT2D eigenvalue weighted by atomic mass is 32.2. The Bertz CT molecular complexity index is 1860. The zero-order valence-electron chi connectivity index (χ0n) is 27.6. The van der Waals surface area contributed by atoms with Gasteiger partial charge >= 0.3 is 0 Å². The molecule has 0 unspecified atom stereocenters. The summed E-state index contributed by atoms with van der Waals surface area (Å²) in [6.45, 7) is 10.9. The Balaban J connectivity index is 1.64. The molecule has 5 rings (SSSR count). The predicted octanol–water partition coefficient (Wildman–Crippen LogP) is 5.74. The van der Waals surface area contributed by atoms with Gasteiger partial charge in [0.15, 0.2) is 0 Å². The number of ether oxygens (including phenoxy) is 1. The standard InChI is InChI=1S/C36H42N4O6S/c1-23-9-7-10-24(2)32(23)30-20-31-38-34(37-30)39-47(44,45)29-12-8-11-26(19-29)33(41)40(28(22-46-31)17-18-35(3,4)42)21-25-13-15-27(16-14-25)36(5,6)43/h7-16,19-20,28,42-43H,17-18,21-22H2,1-6H3,(H,37,38,39)/t28-/m1/s1. The van der Waals surface area contributed by atoms with E-state index in [1.807, 2.05) is 56.3 Å². The number of rotatable bonds is 7. The van der Waals surface area contributed by atoms with Crippen molar-refractivity contribution in [1.82, 2.24) is 14.9 Å². The molecule has 0 radical (unpaired) electrons. The summed E-state index contributed by atoms with van der Waals surface area (Å²) in [7, 11) is -4.20. The topological polar surface area (TPSA) is 142 Å². The van der Waals surface area contributed by atoms with Crippen LogP contribution >= 0.6 is 0 Å². The molecule has 1 aromatic heterocycles. The van der Waals surface area contributed by atoms with Crippen molar-refractivity contribution in [2.24, 2.45) is 0 Å². The Morgan fingerprint density at radius 3 is 2.23 bits per heavy atom. The summed E-state index contributed by atoms with van der Waals surface area (Å²) in [6, 6.07) is 20.2. The number of carbonyl (C=O) groups excluding carboxylic acids is 1. The third kappa shape index (κ3) is 8.16. The van der Waals surface area contributed by atoms with E-state index >= 15 is 0 Å². The zero-order chi connectivity index (χ0) is 34.1. The molecule has 11 heteroatoms. The van der Waals surface area contributed by atoms with Crippen molar-refractivity contribution in [3.63, 3.8) is 0 Å². The molecule has 0 fully saturated rings. The monoisotopic (exact) mass is 658 g/mol. The largest absolute Gasteiger partial charge is 0.475 e. The molecule has 4 bridgehead atoms. The summed E-state index contributed by atoms with van der Waals surface area (Å²) >= 11 is 0. The van der Waals surface area contributed by atoms with Crippen LogP contribution in [0.2, 0.25) is 0 Å². The molecule has 1 atom stereocenters. The van der Waals surface area contributed by atoms with E-state index in [9.17, 15) is 23.4 Å². The van der Waals surface area contributed by atoms with E-state index in [0.717, 1.165) is 27.8 Å². The van der Waals surface area contributed by atoms with Gasteiger partial charge in [0.25, 0.3) is 15.9 Å². The van der Waals surface area contributed by atoms with E-state index in [1.165, 1.54) is 18.2 Å². The van der Waals surface area contributed by atoms with Crippen LogP contribution < -0.4 is 9.46 Å². The summed E-state index contributed by atoms with van der Waals surface area (Å²) in [5, 5.41) is 21.1. The number of aromatic nitrogens is 2. The number of aryl methyl sites for hydroxylation is 2. The number of hydrogen-bond donors (Lipinski definition) is 3. The van der Waals surface area contributed by atoms with Crippen LogP contribution in [-0.2, 0) is 22.2 Å². The second kappa shape index (κ2) is 13.1. The van der Waals surface area contributed by atoms with Crippen molar-refractivity contribution in [2.45, 2.75) is 83.1 Å². The number of nitrogens with one attached hydrogen (secondary N) is 1. The Hall–Kier alpha value is -4.32.